The van der Waals surface area contributed by atoms with Crippen molar-refractivity contribution in [3.05, 3.63) is 54.2 Å². The maximum Gasteiger partial charge on any atom is 0.226 e. The van der Waals surface area contributed by atoms with Gasteiger partial charge in [0, 0.05) is 30.1 Å². The van der Waals surface area contributed by atoms with Gasteiger partial charge in [0.15, 0.2) is 0 Å². The number of rotatable bonds is 8. The van der Waals surface area contributed by atoms with E-state index in [-0.39, 0.29) is 0 Å². The van der Waals surface area contributed by atoms with E-state index >= 15 is 0 Å². The summed E-state index contributed by atoms with van der Waals surface area (Å²) < 4.78 is 12.5. The van der Waals surface area contributed by atoms with Gasteiger partial charge in [0.2, 0.25) is 16.9 Å². The molecule has 4 aromatic rings. The van der Waals surface area contributed by atoms with Crippen LogP contribution in [-0.2, 0) is 6.42 Å². The summed E-state index contributed by atoms with van der Waals surface area (Å²) >= 11 is 1.57. The van der Waals surface area contributed by atoms with E-state index in [1.807, 2.05) is 37.3 Å². The number of hydrogen-bond acceptors (Lipinski definition) is 9. The standard InChI is InChI=1S/C19H19N7O2S/c1-13-5-6-16(27-2)15(12-13)26-19(22-24-25-26)29-11-3-4-17-21-18(23-28-17)14-7-9-20-10-8-14/h5-10,12H,3-4,11H2,1-2H3. The lowest BCUT2D eigenvalue weighted by atomic mass is 10.2. The predicted octanol–water partition coefficient (Wildman–Crippen LogP) is 3.15. The Hall–Kier alpha value is -3.27. The van der Waals surface area contributed by atoms with Crippen LogP contribution in [0.2, 0.25) is 0 Å². The summed E-state index contributed by atoms with van der Waals surface area (Å²) in [6, 6.07) is 9.60. The van der Waals surface area contributed by atoms with E-state index < -0.39 is 0 Å². The van der Waals surface area contributed by atoms with Crippen molar-refractivity contribution in [3.63, 3.8) is 0 Å². The average molecular weight is 409 g/mol. The first-order valence-electron chi connectivity index (χ1n) is 9.04. The van der Waals surface area contributed by atoms with E-state index in [2.05, 4.69) is 30.7 Å². The van der Waals surface area contributed by atoms with E-state index in [9.17, 15) is 0 Å². The molecule has 0 amide bonds. The summed E-state index contributed by atoms with van der Waals surface area (Å²) in [6.45, 7) is 2.02. The highest BCUT2D eigenvalue weighted by atomic mass is 32.2. The molecule has 4 rings (SSSR count). The molecule has 0 spiro atoms. The number of nitrogens with zero attached hydrogens (tertiary/aromatic N) is 7. The number of aromatic nitrogens is 7. The van der Waals surface area contributed by atoms with Crippen molar-refractivity contribution in [3.8, 4) is 22.8 Å². The Morgan fingerprint density at radius 1 is 1.17 bits per heavy atom. The van der Waals surface area contributed by atoms with E-state index in [0.717, 1.165) is 34.7 Å². The molecule has 0 atom stereocenters. The summed E-state index contributed by atoms with van der Waals surface area (Å²) in [4.78, 5) is 8.43. The number of benzene rings is 1. The second-order valence-corrected chi connectivity index (χ2v) is 7.31. The van der Waals surface area contributed by atoms with Crippen molar-refractivity contribution in [2.75, 3.05) is 12.9 Å². The van der Waals surface area contributed by atoms with Gasteiger partial charge in [-0.25, -0.2) is 0 Å². The third kappa shape index (κ3) is 4.43. The minimum atomic E-state index is 0.575. The van der Waals surface area contributed by atoms with Crippen LogP contribution in [0.15, 0.2) is 52.4 Å². The molecule has 0 N–H and O–H groups in total. The van der Waals surface area contributed by atoms with Gasteiger partial charge in [-0.15, -0.1) is 5.10 Å². The molecule has 0 aliphatic carbocycles. The number of aryl methyl sites for hydroxylation is 2. The van der Waals surface area contributed by atoms with E-state index in [1.54, 1.807) is 35.9 Å². The largest absolute Gasteiger partial charge is 0.494 e. The smallest absolute Gasteiger partial charge is 0.226 e. The number of thioether (sulfide) groups is 1. The monoisotopic (exact) mass is 409 g/mol. The first-order valence-corrected chi connectivity index (χ1v) is 10.0. The number of hydrogen-bond donors (Lipinski definition) is 0. The molecule has 0 aliphatic heterocycles. The Bertz CT molecular complexity index is 1080. The summed E-state index contributed by atoms with van der Waals surface area (Å²) in [5.41, 5.74) is 2.81. The molecule has 29 heavy (non-hydrogen) atoms. The highest BCUT2D eigenvalue weighted by Crippen LogP contribution is 2.27. The fourth-order valence-electron chi connectivity index (χ4n) is 2.75. The summed E-state index contributed by atoms with van der Waals surface area (Å²) in [5, 5.41) is 16.8. The SMILES string of the molecule is COc1ccc(C)cc1-n1nnnc1SCCCc1nc(-c2ccncc2)no1. The lowest BCUT2D eigenvalue weighted by Crippen LogP contribution is -2.03. The van der Waals surface area contributed by atoms with Crippen LogP contribution in [0.4, 0.5) is 0 Å². The molecule has 9 nitrogen and oxygen atoms in total. The Morgan fingerprint density at radius 3 is 2.86 bits per heavy atom. The Balaban J connectivity index is 1.37. The van der Waals surface area contributed by atoms with E-state index in [4.69, 9.17) is 9.26 Å². The van der Waals surface area contributed by atoms with Gasteiger partial charge in [0.05, 0.1) is 7.11 Å². The quantitative estimate of drug-likeness (QED) is 0.320. The number of pyridine rings is 1. The zero-order valence-corrected chi connectivity index (χ0v) is 16.8. The molecule has 0 unspecified atom stereocenters. The van der Waals surface area contributed by atoms with Gasteiger partial charge in [-0.3, -0.25) is 4.98 Å². The van der Waals surface area contributed by atoms with Crippen molar-refractivity contribution >= 4 is 11.8 Å². The van der Waals surface area contributed by atoms with Crippen LogP contribution < -0.4 is 4.74 Å². The van der Waals surface area contributed by atoms with Gasteiger partial charge < -0.3 is 9.26 Å². The van der Waals surface area contributed by atoms with Crippen LogP contribution in [0.3, 0.4) is 0 Å². The summed E-state index contributed by atoms with van der Waals surface area (Å²) in [7, 11) is 1.63. The van der Waals surface area contributed by atoms with Crippen LogP contribution in [-0.4, -0.2) is 48.2 Å². The average Bonchev–Trinajstić information content (AvgIpc) is 3.41. The molecule has 0 fully saturated rings. The fraction of sp³-hybridized carbons (Fsp3) is 0.263. The molecule has 10 heteroatoms. The Kier molecular flexibility index (Phi) is 5.80. The Morgan fingerprint density at radius 2 is 2.03 bits per heavy atom. The predicted molar refractivity (Wildman–Crippen MR) is 107 cm³/mol. The number of tetrazole rings is 1. The first kappa shape index (κ1) is 19.1. The third-order valence-corrected chi connectivity index (χ3v) is 5.18. The highest BCUT2D eigenvalue weighted by molar-refractivity contribution is 7.99. The van der Waals surface area contributed by atoms with Crippen molar-refractivity contribution in [1.29, 1.82) is 0 Å². The zero-order valence-electron chi connectivity index (χ0n) is 16.0. The van der Waals surface area contributed by atoms with Crippen LogP contribution in [0.25, 0.3) is 17.1 Å². The minimum Gasteiger partial charge on any atom is -0.494 e. The number of ether oxygens (including phenoxy) is 1. The molecule has 0 bridgehead atoms. The van der Waals surface area contributed by atoms with Gasteiger partial charge in [-0.05, 0) is 53.6 Å². The Labute approximate surface area is 171 Å². The lowest BCUT2D eigenvalue weighted by Gasteiger charge is -2.10. The van der Waals surface area contributed by atoms with Gasteiger partial charge in [-0.1, -0.05) is 23.0 Å². The molecule has 1 aromatic carbocycles. The van der Waals surface area contributed by atoms with Crippen LogP contribution in [0.1, 0.15) is 17.9 Å². The van der Waals surface area contributed by atoms with Gasteiger partial charge in [0.25, 0.3) is 0 Å². The lowest BCUT2D eigenvalue weighted by molar-refractivity contribution is 0.378. The van der Waals surface area contributed by atoms with Crippen LogP contribution >= 0.6 is 11.8 Å². The second kappa shape index (κ2) is 8.82. The normalized spacial score (nSPS) is 11.0. The van der Waals surface area contributed by atoms with Gasteiger partial charge in [0.1, 0.15) is 11.4 Å². The van der Waals surface area contributed by atoms with E-state index in [1.165, 1.54) is 0 Å². The zero-order chi connectivity index (χ0) is 20.1. The molecular formula is C19H19N7O2S. The third-order valence-electron chi connectivity index (χ3n) is 4.18. The van der Waals surface area contributed by atoms with Gasteiger partial charge >= 0.3 is 0 Å². The fourth-order valence-corrected chi connectivity index (χ4v) is 3.57. The van der Waals surface area contributed by atoms with Crippen molar-refractivity contribution in [1.82, 2.24) is 35.3 Å². The first-order chi connectivity index (χ1) is 14.2. The molecule has 0 radical (unpaired) electrons. The minimum absolute atomic E-state index is 0.575. The molecule has 0 aliphatic rings. The van der Waals surface area contributed by atoms with E-state index in [0.29, 0.717) is 23.3 Å². The van der Waals surface area contributed by atoms with Crippen LogP contribution in [0.5, 0.6) is 5.75 Å². The van der Waals surface area contributed by atoms with Crippen molar-refractivity contribution in [2.24, 2.45) is 0 Å². The number of methoxy groups -OCH3 is 1. The summed E-state index contributed by atoms with van der Waals surface area (Å²) in [5.74, 6) is 2.71. The molecule has 148 valence electrons. The molecule has 0 saturated heterocycles. The maximum atomic E-state index is 5.44. The van der Waals surface area contributed by atoms with Gasteiger partial charge in [-0.2, -0.15) is 9.67 Å². The maximum absolute atomic E-state index is 5.44. The highest BCUT2D eigenvalue weighted by Gasteiger charge is 2.14. The van der Waals surface area contributed by atoms with Crippen molar-refractivity contribution in [2.45, 2.75) is 24.9 Å². The topological polar surface area (TPSA) is 105 Å². The molecule has 0 saturated carbocycles. The van der Waals surface area contributed by atoms with Crippen LogP contribution in [0, 0.1) is 6.92 Å². The molecule has 3 heterocycles. The summed E-state index contributed by atoms with van der Waals surface area (Å²) in [6.07, 6.45) is 4.94. The molecule has 3 aromatic heterocycles. The van der Waals surface area contributed by atoms with Crippen molar-refractivity contribution < 1.29 is 9.26 Å². The second-order valence-electron chi connectivity index (χ2n) is 6.25. The molecular weight excluding hydrogens is 390 g/mol.